The van der Waals surface area contributed by atoms with Crippen LogP contribution in [0.5, 0.6) is 0 Å². The van der Waals surface area contributed by atoms with Crippen molar-refractivity contribution in [3.05, 3.63) is 12.2 Å². The predicted molar refractivity (Wildman–Crippen MR) is 127 cm³/mol. The molecule has 0 aromatic heterocycles. The van der Waals surface area contributed by atoms with Crippen LogP contribution in [0, 0.1) is 5.92 Å². The van der Waals surface area contributed by atoms with E-state index in [4.69, 9.17) is 19.4 Å². The van der Waals surface area contributed by atoms with Crippen molar-refractivity contribution in [3.63, 3.8) is 0 Å². The maximum absolute atomic E-state index is 12.7. The Kier molecular flexibility index (Phi) is 11.9. The number of thioether (sulfide) groups is 1. The third kappa shape index (κ3) is 8.64. The zero-order chi connectivity index (χ0) is 24.6. The third-order valence-electron chi connectivity index (χ3n) is 5.69. The smallest absolute Gasteiger partial charge is 0.290 e. The third-order valence-corrected chi connectivity index (χ3v) is 8.66. The summed E-state index contributed by atoms with van der Waals surface area (Å²) in [6, 6.07) is -0.455. The second kappa shape index (κ2) is 13.6. The number of morpholine rings is 1. The van der Waals surface area contributed by atoms with Crippen LogP contribution < -0.4 is 4.72 Å². The van der Waals surface area contributed by atoms with Crippen molar-refractivity contribution in [1.82, 2.24) is 9.62 Å². The summed E-state index contributed by atoms with van der Waals surface area (Å²) in [4.78, 5) is 10.7. The quantitative estimate of drug-likeness (QED) is 0.190. The Bertz CT molecular complexity index is 618. The number of carboxylic acid groups (broad SMARTS) is 1. The molecule has 8 atom stereocenters. The Morgan fingerprint density at radius 2 is 1.85 bits per heavy atom. The second-order valence-electron chi connectivity index (χ2n) is 9.32. The molecule has 0 saturated carbocycles. The molecule has 33 heavy (non-hydrogen) atoms. The topological polar surface area (TPSA) is 155 Å². The first-order chi connectivity index (χ1) is 15.6. The van der Waals surface area contributed by atoms with Gasteiger partial charge in [-0.2, -0.15) is 0 Å². The van der Waals surface area contributed by atoms with Crippen molar-refractivity contribution < 1.29 is 39.2 Å². The maximum atomic E-state index is 12.7. The summed E-state index contributed by atoms with van der Waals surface area (Å²) in [5.74, 6) is 0.982. The average Bonchev–Trinajstić information content (AvgIpc) is 2.76. The van der Waals surface area contributed by atoms with Crippen molar-refractivity contribution >= 4 is 29.6 Å². The van der Waals surface area contributed by atoms with E-state index in [0.717, 1.165) is 38.6 Å². The van der Waals surface area contributed by atoms with Crippen LogP contribution in [0.25, 0.3) is 0 Å². The van der Waals surface area contributed by atoms with Crippen molar-refractivity contribution in [2.45, 2.75) is 67.8 Å². The van der Waals surface area contributed by atoms with E-state index in [0.29, 0.717) is 6.42 Å². The van der Waals surface area contributed by atoms with Gasteiger partial charge in [-0.25, -0.2) is 0 Å². The molecule has 3 aliphatic rings. The Morgan fingerprint density at radius 1 is 1.21 bits per heavy atom. The Hall–Kier alpha value is -0.410. The fourth-order valence-electron chi connectivity index (χ4n) is 3.83. The van der Waals surface area contributed by atoms with E-state index in [1.807, 2.05) is 20.8 Å². The molecule has 0 amide bonds. The average molecular weight is 511 g/mol. The van der Waals surface area contributed by atoms with Gasteiger partial charge in [0.25, 0.3) is 6.47 Å². The van der Waals surface area contributed by atoms with Gasteiger partial charge in [-0.05, 0) is 33.1 Å². The highest BCUT2D eigenvalue weighted by Crippen LogP contribution is 2.33. The summed E-state index contributed by atoms with van der Waals surface area (Å²) >= 11 is 0.0908. The number of hydrogen-bond acceptors (Lipinski definition) is 10. The SMILES string of the molecule is CC(C)(C)[S+]([O-])N[C@@H]1C/C=C/C(CN2CCOCC2)CS[C@H]2O[C@H]1[C@H](O)[C@H](O)[C@H]2O.O=CO. The Labute approximate surface area is 203 Å². The van der Waals surface area contributed by atoms with Gasteiger partial charge in [-0.3, -0.25) is 9.69 Å². The highest BCUT2D eigenvalue weighted by molar-refractivity contribution is 7.99. The first-order valence-corrected chi connectivity index (χ1v) is 13.3. The van der Waals surface area contributed by atoms with E-state index in [-0.39, 0.29) is 12.4 Å². The number of aliphatic hydroxyl groups excluding tert-OH is 3. The molecular formula is C21H38N2O8S2. The number of nitrogens with zero attached hydrogens (tertiary/aromatic N) is 1. The Balaban J connectivity index is 0.00000122. The number of aliphatic hydroxyl groups is 3. The predicted octanol–water partition coefficient (Wildman–Crippen LogP) is -0.443. The molecule has 0 radical (unpaired) electrons. The maximum Gasteiger partial charge on any atom is 0.290 e. The summed E-state index contributed by atoms with van der Waals surface area (Å²) in [5.41, 5.74) is -0.653. The minimum absolute atomic E-state index is 0.248. The molecule has 10 nitrogen and oxygen atoms in total. The normalized spacial score (nSPS) is 37.8. The summed E-state index contributed by atoms with van der Waals surface area (Å²) in [6.07, 6.45) is 0.210. The van der Waals surface area contributed by atoms with Crippen LogP contribution in [0.4, 0.5) is 0 Å². The number of carbonyl (C=O) groups is 1. The lowest BCUT2D eigenvalue weighted by Gasteiger charge is -2.44. The standard InChI is InChI=1S/C20H36N2O6S2.CH2O2/c1-20(2,3)30(26)21-14-6-4-5-13(11-22-7-9-27-10-8-22)12-29-19-17(25)15(23)16(24)18(14)28-19;2-1-3/h4-5,13-19,21,23-25H,6-12H2,1-3H3;1H,(H,2,3)/b5-4+;/t13?,14-,15+,16-,17-,18-,19-,30?;/m1./s1. The first kappa shape index (κ1) is 28.8. The van der Waals surface area contributed by atoms with Gasteiger partial charge in [0, 0.05) is 36.7 Å². The lowest BCUT2D eigenvalue weighted by Crippen LogP contribution is -2.63. The fourth-order valence-corrected chi connectivity index (χ4v) is 5.91. The number of nitrogens with one attached hydrogen (secondary N) is 1. The zero-order valence-electron chi connectivity index (χ0n) is 19.4. The molecule has 192 valence electrons. The molecular weight excluding hydrogens is 472 g/mol. The van der Waals surface area contributed by atoms with Crippen LogP contribution in [0.1, 0.15) is 27.2 Å². The van der Waals surface area contributed by atoms with Crippen LogP contribution in [-0.4, -0.2) is 116 Å². The largest absolute Gasteiger partial charge is 0.598 e. The van der Waals surface area contributed by atoms with Crippen LogP contribution in [-0.2, 0) is 25.6 Å². The lowest BCUT2D eigenvalue weighted by atomic mass is 9.93. The lowest BCUT2D eigenvalue weighted by molar-refractivity contribution is -0.203. The Morgan fingerprint density at radius 3 is 2.45 bits per heavy atom. The van der Waals surface area contributed by atoms with Gasteiger partial charge < -0.3 is 34.5 Å². The van der Waals surface area contributed by atoms with Crippen molar-refractivity contribution in [3.8, 4) is 0 Å². The first-order valence-electron chi connectivity index (χ1n) is 11.1. The zero-order valence-corrected chi connectivity index (χ0v) is 21.0. The number of rotatable bonds is 4. The molecule has 2 saturated heterocycles. The summed E-state index contributed by atoms with van der Waals surface area (Å²) in [5, 5.41) is 38.4. The van der Waals surface area contributed by atoms with Crippen molar-refractivity contribution in [1.29, 1.82) is 0 Å². The second-order valence-corrected chi connectivity index (χ2v) is 12.5. The minimum Gasteiger partial charge on any atom is -0.598 e. The molecule has 0 aliphatic carbocycles. The molecule has 5 N–H and O–H groups in total. The van der Waals surface area contributed by atoms with Crippen molar-refractivity contribution in [2.75, 3.05) is 38.6 Å². The van der Waals surface area contributed by atoms with E-state index >= 15 is 0 Å². The summed E-state index contributed by atoms with van der Waals surface area (Å²) < 4.78 is 26.8. The molecule has 2 fully saturated rings. The number of hydrogen-bond donors (Lipinski definition) is 5. The van der Waals surface area contributed by atoms with Crippen LogP contribution >= 0.6 is 11.8 Å². The molecule has 0 aromatic carbocycles. The van der Waals surface area contributed by atoms with Gasteiger partial charge in [-0.15, -0.1) is 16.5 Å². The summed E-state index contributed by atoms with van der Waals surface area (Å²) in [6.45, 7) is 9.55. The number of ether oxygens (including phenoxy) is 2. The van der Waals surface area contributed by atoms with E-state index in [1.54, 1.807) is 0 Å². The van der Waals surface area contributed by atoms with E-state index in [1.165, 1.54) is 11.8 Å². The fraction of sp³-hybridized carbons (Fsp3) is 0.857. The number of fused-ring (bicyclic) bond motifs is 2. The van der Waals surface area contributed by atoms with Crippen molar-refractivity contribution in [2.24, 2.45) is 5.92 Å². The van der Waals surface area contributed by atoms with Gasteiger partial charge in [0.05, 0.1) is 19.3 Å². The molecule has 12 heteroatoms. The van der Waals surface area contributed by atoms with Gasteiger partial charge in [0.2, 0.25) is 0 Å². The van der Waals surface area contributed by atoms with Crippen LogP contribution in [0.2, 0.25) is 0 Å². The van der Waals surface area contributed by atoms with E-state index < -0.39 is 52.0 Å². The van der Waals surface area contributed by atoms with E-state index in [2.05, 4.69) is 21.8 Å². The molecule has 3 aliphatic heterocycles. The summed E-state index contributed by atoms with van der Waals surface area (Å²) in [7, 11) is 0. The van der Waals surface area contributed by atoms with Gasteiger partial charge in [-0.1, -0.05) is 12.2 Å². The van der Waals surface area contributed by atoms with E-state index in [9.17, 15) is 19.9 Å². The molecule has 0 aromatic rings. The highest BCUT2D eigenvalue weighted by Gasteiger charge is 2.48. The minimum atomic E-state index is -1.37. The molecule has 3 rings (SSSR count). The van der Waals surface area contributed by atoms with Crippen LogP contribution in [0.15, 0.2) is 12.2 Å². The van der Waals surface area contributed by atoms with Crippen LogP contribution in [0.3, 0.4) is 0 Å². The van der Waals surface area contributed by atoms with Gasteiger partial charge >= 0.3 is 0 Å². The van der Waals surface area contributed by atoms with Gasteiger partial charge in [0.15, 0.2) is 0 Å². The molecule has 3 heterocycles. The van der Waals surface area contributed by atoms with Gasteiger partial charge in [0.1, 0.15) is 34.6 Å². The molecule has 0 spiro atoms. The molecule has 2 bridgehead atoms. The monoisotopic (exact) mass is 510 g/mol. The highest BCUT2D eigenvalue weighted by atomic mass is 32.2. The molecule has 2 unspecified atom stereocenters.